The summed E-state index contributed by atoms with van der Waals surface area (Å²) in [6.07, 6.45) is 4.92. The fourth-order valence-electron chi connectivity index (χ4n) is 2.91. The van der Waals surface area contributed by atoms with Crippen LogP contribution in [0.3, 0.4) is 0 Å². The van der Waals surface area contributed by atoms with Crippen molar-refractivity contribution in [3.8, 4) is 6.07 Å². The number of carbonyl (C=O) groups is 2. The van der Waals surface area contributed by atoms with Gasteiger partial charge in [-0.1, -0.05) is 0 Å². The zero-order chi connectivity index (χ0) is 15.5. The molecule has 2 amide bonds. The van der Waals surface area contributed by atoms with Crippen LogP contribution in [0.15, 0.2) is 11.1 Å². The van der Waals surface area contributed by atoms with Crippen molar-refractivity contribution in [1.82, 2.24) is 9.88 Å². The van der Waals surface area contributed by atoms with Crippen LogP contribution in [-0.4, -0.2) is 34.0 Å². The van der Waals surface area contributed by atoms with Crippen molar-refractivity contribution in [1.29, 1.82) is 5.26 Å². The number of likely N-dealkylation sites (tertiary alicyclic amines) is 1. The molecule has 1 fully saturated rings. The van der Waals surface area contributed by atoms with Crippen LogP contribution in [0.1, 0.15) is 42.5 Å². The van der Waals surface area contributed by atoms with Gasteiger partial charge >= 0.3 is 0 Å². The highest BCUT2D eigenvalue weighted by atomic mass is 32.2. The minimum Gasteiger partial charge on any atom is -0.282 e. The largest absolute Gasteiger partial charge is 0.282 e. The number of rotatable bonds is 4. The molecule has 114 valence electrons. The van der Waals surface area contributed by atoms with Gasteiger partial charge in [0.05, 0.1) is 5.56 Å². The highest BCUT2D eigenvalue weighted by Crippen LogP contribution is 2.27. The van der Waals surface area contributed by atoms with E-state index in [0.29, 0.717) is 30.7 Å². The third-order valence-corrected chi connectivity index (χ3v) is 5.07. The van der Waals surface area contributed by atoms with Gasteiger partial charge in [-0.15, -0.1) is 11.8 Å². The standard InChI is InChI=1S/C16H17N3O2S/c17-10-12-9-11-3-1-2-4-13(11)18-16(12)22-8-7-19-14(20)5-6-15(19)21/h9H,1-8H2. The predicted molar refractivity (Wildman–Crippen MR) is 82.3 cm³/mol. The molecule has 0 atom stereocenters. The van der Waals surface area contributed by atoms with Crippen molar-refractivity contribution in [3.05, 3.63) is 22.9 Å². The predicted octanol–water partition coefficient (Wildman–Crippen LogP) is 2.07. The van der Waals surface area contributed by atoms with Crippen LogP contribution < -0.4 is 0 Å². The molecular formula is C16H17N3O2S. The molecule has 6 heteroatoms. The highest BCUT2D eigenvalue weighted by Gasteiger charge is 2.28. The van der Waals surface area contributed by atoms with Gasteiger partial charge in [0.15, 0.2) is 0 Å². The first-order valence-corrected chi connectivity index (χ1v) is 8.56. The number of carbonyl (C=O) groups excluding carboxylic acids is 2. The van der Waals surface area contributed by atoms with Crippen LogP contribution in [0, 0.1) is 11.3 Å². The molecule has 1 aliphatic carbocycles. The number of amides is 2. The molecule has 1 aliphatic heterocycles. The number of aryl methyl sites for hydroxylation is 2. The average molecular weight is 315 g/mol. The smallest absolute Gasteiger partial charge is 0.229 e. The second-order valence-electron chi connectivity index (χ2n) is 5.55. The lowest BCUT2D eigenvalue weighted by molar-refractivity contribution is -0.137. The van der Waals surface area contributed by atoms with Gasteiger partial charge < -0.3 is 0 Å². The zero-order valence-electron chi connectivity index (χ0n) is 12.3. The maximum atomic E-state index is 11.6. The molecular weight excluding hydrogens is 298 g/mol. The molecule has 0 bridgehead atoms. The van der Waals surface area contributed by atoms with E-state index in [-0.39, 0.29) is 11.8 Å². The summed E-state index contributed by atoms with van der Waals surface area (Å²) in [7, 11) is 0. The molecule has 0 N–H and O–H groups in total. The summed E-state index contributed by atoms with van der Waals surface area (Å²) in [5, 5.41) is 10.0. The van der Waals surface area contributed by atoms with Crippen LogP contribution >= 0.6 is 11.8 Å². The van der Waals surface area contributed by atoms with E-state index in [4.69, 9.17) is 0 Å². The molecule has 22 heavy (non-hydrogen) atoms. The Balaban J connectivity index is 1.68. The Morgan fingerprint density at radius 2 is 1.91 bits per heavy atom. The van der Waals surface area contributed by atoms with Gasteiger partial charge in [0.2, 0.25) is 11.8 Å². The summed E-state index contributed by atoms with van der Waals surface area (Å²) in [4.78, 5) is 29.1. The first-order chi connectivity index (χ1) is 10.7. The van der Waals surface area contributed by atoms with E-state index in [1.807, 2.05) is 6.07 Å². The third kappa shape index (κ3) is 3.00. The third-order valence-electron chi connectivity index (χ3n) is 4.09. The van der Waals surface area contributed by atoms with E-state index in [1.54, 1.807) is 0 Å². The second-order valence-corrected chi connectivity index (χ2v) is 6.64. The lowest BCUT2D eigenvalue weighted by atomic mass is 9.95. The monoisotopic (exact) mass is 315 g/mol. The van der Waals surface area contributed by atoms with E-state index in [2.05, 4.69) is 11.1 Å². The zero-order valence-corrected chi connectivity index (χ0v) is 13.1. The fourth-order valence-corrected chi connectivity index (χ4v) is 3.81. The minimum atomic E-state index is -0.0930. The highest BCUT2D eigenvalue weighted by molar-refractivity contribution is 7.99. The number of pyridine rings is 1. The Bertz CT molecular complexity index is 650. The number of imide groups is 1. The fraction of sp³-hybridized carbons (Fsp3) is 0.500. The minimum absolute atomic E-state index is 0.0930. The molecule has 3 rings (SSSR count). The Morgan fingerprint density at radius 1 is 1.18 bits per heavy atom. The topological polar surface area (TPSA) is 74.1 Å². The van der Waals surface area contributed by atoms with Gasteiger partial charge in [0, 0.05) is 30.8 Å². The lowest BCUT2D eigenvalue weighted by Gasteiger charge is -2.17. The first-order valence-electron chi connectivity index (χ1n) is 7.58. The maximum absolute atomic E-state index is 11.6. The molecule has 0 aromatic carbocycles. The van der Waals surface area contributed by atoms with Gasteiger partial charge in [0.25, 0.3) is 0 Å². The van der Waals surface area contributed by atoms with Gasteiger partial charge in [-0.05, 0) is 37.3 Å². The number of fused-ring (bicyclic) bond motifs is 1. The van der Waals surface area contributed by atoms with Crippen molar-refractivity contribution in [3.63, 3.8) is 0 Å². The number of nitriles is 1. The lowest BCUT2D eigenvalue weighted by Crippen LogP contribution is -2.31. The molecule has 1 saturated heterocycles. The molecule has 0 saturated carbocycles. The SMILES string of the molecule is N#Cc1cc2c(nc1SCCN1C(=O)CCC1=O)CCCC2. The van der Waals surface area contributed by atoms with E-state index in [0.717, 1.165) is 36.4 Å². The van der Waals surface area contributed by atoms with Gasteiger partial charge in [-0.3, -0.25) is 14.5 Å². The summed E-state index contributed by atoms with van der Waals surface area (Å²) in [6, 6.07) is 4.17. The maximum Gasteiger partial charge on any atom is 0.229 e. The van der Waals surface area contributed by atoms with Crippen molar-refractivity contribution in [2.45, 2.75) is 43.6 Å². The normalized spacial score (nSPS) is 17.5. The van der Waals surface area contributed by atoms with Crippen molar-refractivity contribution in [2.75, 3.05) is 12.3 Å². The molecule has 1 aromatic rings. The van der Waals surface area contributed by atoms with Gasteiger partial charge in [0.1, 0.15) is 11.1 Å². The molecule has 2 aliphatic rings. The van der Waals surface area contributed by atoms with E-state index >= 15 is 0 Å². The molecule has 0 spiro atoms. The van der Waals surface area contributed by atoms with Crippen LogP contribution in [0.25, 0.3) is 0 Å². The second kappa shape index (κ2) is 6.49. The Morgan fingerprint density at radius 3 is 2.64 bits per heavy atom. The number of aromatic nitrogens is 1. The molecule has 0 unspecified atom stereocenters. The van der Waals surface area contributed by atoms with Gasteiger partial charge in [-0.25, -0.2) is 4.98 Å². The summed E-state index contributed by atoms with van der Waals surface area (Å²) in [5.74, 6) is 0.395. The molecule has 2 heterocycles. The van der Waals surface area contributed by atoms with E-state index in [1.165, 1.54) is 22.2 Å². The number of hydrogen-bond donors (Lipinski definition) is 0. The average Bonchev–Trinajstić information content (AvgIpc) is 2.86. The summed E-state index contributed by atoms with van der Waals surface area (Å²) >= 11 is 1.46. The van der Waals surface area contributed by atoms with Crippen molar-refractivity contribution in [2.24, 2.45) is 0 Å². The van der Waals surface area contributed by atoms with E-state index in [9.17, 15) is 14.9 Å². The van der Waals surface area contributed by atoms with Crippen LogP contribution in [-0.2, 0) is 22.4 Å². The summed E-state index contributed by atoms with van der Waals surface area (Å²) in [5.41, 5.74) is 2.89. The Labute approximate surface area is 133 Å². The molecule has 5 nitrogen and oxygen atoms in total. The number of thioether (sulfide) groups is 1. The van der Waals surface area contributed by atoms with Crippen LogP contribution in [0.4, 0.5) is 0 Å². The molecule has 1 aromatic heterocycles. The van der Waals surface area contributed by atoms with Crippen molar-refractivity contribution < 1.29 is 9.59 Å². The van der Waals surface area contributed by atoms with E-state index < -0.39 is 0 Å². The Hall–Kier alpha value is -1.87. The summed E-state index contributed by atoms with van der Waals surface area (Å²) in [6.45, 7) is 0.395. The van der Waals surface area contributed by atoms with Crippen LogP contribution in [0.2, 0.25) is 0 Å². The van der Waals surface area contributed by atoms with Gasteiger partial charge in [-0.2, -0.15) is 5.26 Å². The molecule has 0 radical (unpaired) electrons. The quantitative estimate of drug-likeness (QED) is 0.628. The Kier molecular flexibility index (Phi) is 4.44. The number of hydrogen-bond acceptors (Lipinski definition) is 5. The first kappa shape index (κ1) is 15.0. The number of nitrogens with zero attached hydrogens (tertiary/aromatic N) is 3. The summed E-state index contributed by atoms with van der Waals surface area (Å²) < 4.78 is 0. The van der Waals surface area contributed by atoms with Crippen LogP contribution in [0.5, 0.6) is 0 Å². The van der Waals surface area contributed by atoms with Crippen molar-refractivity contribution >= 4 is 23.6 Å².